The van der Waals surface area contributed by atoms with E-state index in [1.54, 1.807) is 13.0 Å². The Labute approximate surface area is 155 Å². The number of halogens is 3. The fraction of sp³-hybridized carbons (Fsp3) is 0.333. The quantitative estimate of drug-likeness (QED) is 0.828. The molecule has 0 aliphatic rings. The van der Waals surface area contributed by atoms with Crippen LogP contribution in [-0.2, 0) is 22.6 Å². The molecule has 146 valence electrons. The summed E-state index contributed by atoms with van der Waals surface area (Å²) in [4.78, 5) is 16.6. The van der Waals surface area contributed by atoms with Crippen LogP contribution < -0.4 is 4.72 Å². The second kappa shape index (κ2) is 7.67. The van der Waals surface area contributed by atoms with E-state index in [-0.39, 0.29) is 17.0 Å². The molecule has 2 rings (SSSR count). The van der Waals surface area contributed by atoms with Crippen molar-refractivity contribution in [3.8, 4) is 11.3 Å². The predicted octanol–water partition coefficient (Wildman–Crippen LogP) is 3.80. The molecule has 0 atom stereocenters. The van der Waals surface area contributed by atoms with Crippen molar-refractivity contribution >= 4 is 15.9 Å². The van der Waals surface area contributed by atoms with Crippen molar-refractivity contribution in [3.63, 3.8) is 0 Å². The lowest BCUT2D eigenvalue weighted by Gasteiger charge is -2.13. The number of sulfonamides is 1. The van der Waals surface area contributed by atoms with Gasteiger partial charge in [0.25, 0.3) is 5.91 Å². The maximum Gasteiger partial charge on any atom is 0.416 e. The van der Waals surface area contributed by atoms with E-state index in [0.29, 0.717) is 12.0 Å². The highest BCUT2D eigenvalue weighted by molar-refractivity contribution is 7.90. The minimum absolute atomic E-state index is 0.128. The Morgan fingerprint density at radius 3 is 2.41 bits per heavy atom. The van der Waals surface area contributed by atoms with Crippen molar-refractivity contribution in [3.05, 3.63) is 53.2 Å². The summed E-state index contributed by atoms with van der Waals surface area (Å²) in [5.74, 6) is -0.908. The van der Waals surface area contributed by atoms with Gasteiger partial charge in [0, 0.05) is 5.56 Å². The summed E-state index contributed by atoms with van der Waals surface area (Å²) in [6, 6.07) is 7.61. The SMILES string of the molecule is CCc1ccc(-c2cccc(C(F)(F)F)c2)nc1C(=O)NS(=O)(=O)C(C)C. The minimum Gasteiger partial charge on any atom is -0.266 e. The Morgan fingerprint density at radius 2 is 1.85 bits per heavy atom. The van der Waals surface area contributed by atoms with Gasteiger partial charge in [-0.2, -0.15) is 13.2 Å². The van der Waals surface area contributed by atoms with Crippen LogP contribution in [0, 0.1) is 0 Å². The number of carbonyl (C=O) groups is 1. The number of alkyl halides is 3. The van der Waals surface area contributed by atoms with Gasteiger partial charge in [-0.15, -0.1) is 0 Å². The molecule has 0 saturated carbocycles. The summed E-state index contributed by atoms with van der Waals surface area (Å²) in [6.45, 7) is 4.60. The summed E-state index contributed by atoms with van der Waals surface area (Å²) in [7, 11) is -3.86. The standard InChI is InChI=1S/C18H19F3N2O3S/c1-4-12-8-9-15(13-6-5-7-14(10-13)18(19,20)21)22-16(12)17(24)23-27(25,26)11(2)3/h5-11H,4H2,1-3H3,(H,23,24). The van der Waals surface area contributed by atoms with E-state index in [1.165, 1.54) is 32.0 Å². The molecule has 0 spiro atoms. The van der Waals surface area contributed by atoms with Crippen LogP contribution in [0.3, 0.4) is 0 Å². The number of nitrogens with one attached hydrogen (secondary N) is 1. The Morgan fingerprint density at radius 1 is 1.19 bits per heavy atom. The zero-order valence-electron chi connectivity index (χ0n) is 15.0. The van der Waals surface area contributed by atoms with E-state index in [0.717, 1.165) is 12.1 Å². The Balaban J connectivity index is 2.48. The lowest BCUT2D eigenvalue weighted by Crippen LogP contribution is -2.36. The van der Waals surface area contributed by atoms with Crippen molar-refractivity contribution in [2.24, 2.45) is 0 Å². The van der Waals surface area contributed by atoms with Gasteiger partial charge in [0.05, 0.1) is 16.5 Å². The van der Waals surface area contributed by atoms with Gasteiger partial charge in [-0.1, -0.05) is 25.1 Å². The van der Waals surface area contributed by atoms with Gasteiger partial charge in [-0.25, -0.2) is 18.1 Å². The van der Waals surface area contributed by atoms with Crippen LogP contribution in [0.5, 0.6) is 0 Å². The van der Waals surface area contributed by atoms with E-state index < -0.39 is 32.9 Å². The second-order valence-corrected chi connectivity index (χ2v) is 8.40. The predicted molar refractivity (Wildman–Crippen MR) is 95.6 cm³/mol. The van der Waals surface area contributed by atoms with Gasteiger partial charge in [0.1, 0.15) is 5.69 Å². The Hall–Kier alpha value is -2.42. The molecule has 1 aromatic heterocycles. The molecule has 1 N–H and O–H groups in total. The number of amides is 1. The lowest BCUT2D eigenvalue weighted by atomic mass is 10.0. The van der Waals surface area contributed by atoms with Crippen molar-refractivity contribution < 1.29 is 26.4 Å². The number of pyridine rings is 1. The van der Waals surface area contributed by atoms with E-state index in [4.69, 9.17) is 0 Å². The van der Waals surface area contributed by atoms with E-state index >= 15 is 0 Å². The number of hydrogen-bond acceptors (Lipinski definition) is 4. The highest BCUT2D eigenvalue weighted by atomic mass is 32.2. The van der Waals surface area contributed by atoms with Crippen LogP contribution in [-0.4, -0.2) is 24.6 Å². The molecule has 2 aromatic rings. The van der Waals surface area contributed by atoms with Crippen molar-refractivity contribution in [1.29, 1.82) is 0 Å². The Bertz CT molecular complexity index is 955. The van der Waals surface area contributed by atoms with Crippen LogP contribution in [0.1, 0.15) is 42.4 Å². The fourth-order valence-electron chi connectivity index (χ4n) is 2.28. The summed E-state index contributed by atoms with van der Waals surface area (Å²) >= 11 is 0. The molecule has 9 heteroatoms. The number of aromatic nitrogens is 1. The first-order chi connectivity index (χ1) is 12.5. The van der Waals surface area contributed by atoms with Gasteiger partial charge in [0.15, 0.2) is 0 Å². The van der Waals surface area contributed by atoms with Gasteiger partial charge < -0.3 is 0 Å². The number of hydrogen-bond donors (Lipinski definition) is 1. The smallest absolute Gasteiger partial charge is 0.266 e. The molecule has 0 saturated heterocycles. The molecule has 1 aromatic carbocycles. The summed E-state index contributed by atoms with van der Waals surface area (Å²) < 4.78 is 64.6. The van der Waals surface area contributed by atoms with E-state index in [9.17, 15) is 26.4 Å². The molecule has 1 amide bonds. The third-order valence-corrected chi connectivity index (χ3v) is 5.63. The van der Waals surface area contributed by atoms with Gasteiger partial charge >= 0.3 is 6.18 Å². The molecule has 1 heterocycles. The number of carbonyl (C=O) groups excluding carboxylic acids is 1. The molecule has 0 unspecified atom stereocenters. The first kappa shape index (κ1) is 20.9. The maximum atomic E-state index is 12.9. The summed E-state index contributed by atoms with van der Waals surface area (Å²) in [5, 5.41) is -0.821. The molecule has 0 fully saturated rings. The third-order valence-electron chi connectivity index (χ3n) is 3.92. The van der Waals surface area contributed by atoms with E-state index in [2.05, 4.69) is 4.98 Å². The average Bonchev–Trinajstić information content (AvgIpc) is 2.60. The molecule has 5 nitrogen and oxygen atoms in total. The van der Waals surface area contributed by atoms with Gasteiger partial charge in [0.2, 0.25) is 10.0 Å². The first-order valence-electron chi connectivity index (χ1n) is 8.19. The fourth-order valence-corrected chi connectivity index (χ4v) is 2.87. The largest absolute Gasteiger partial charge is 0.416 e. The number of aryl methyl sites for hydroxylation is 1. The highest BCUT2D eigenvalue weighted by Crippen LogP contribution is 2.32. The number of rotatable bonds is 5. The molecular formula is C18H19F3N2O3S. The zero-order valence-corrected chi connectivity index (χ0v) is 15.8. The lowest BCUT2D eigenvalue weighted by molar-refractivity contribution is -0.137. The van der Waals surface area contributed by atoms with Crippen molar-refractivity contribution in [2.45, 2.75) is 38.6 Å². The molecule has 0 aliphatic carbocycles. The topological polar surface area (TPSA) is 76.1 Å². The normalized spacial score (nSPS) is 12.3. The van der Waals surface area contributed by atoms with Gasteiger partial charge in [-0.05, 0) is 44.0 Å². The van der Waals surface area contributed by atoms with Crippen molar-refractivity contribution in [1.82, 2.24) is 9.71 Å². The number of nitrogens with zero attached hydrogens (tertiary/aromatic N) is 1. The maximum absolute atomic E-state index is 12.9. The molecule has 27 heavy (non-hydrogen) atoms. The Kier molecular flexibility index (Phi) is 5.94. The number of benzene rings is 1. The molecule has 0 bridgehead atoms. The zero-order chi connectivity index (χ0) is 20.4. The molecular weight excluding hydrogens is 381 g/mol. The molecule has 0 radical (unpaired) electrons. The average molecular weight is 400 g/mol. The summed E-state index contributed by atoms with van der Waals surface area (Å²) in [6.07, 6.45) is -4.11. The summed E-state index contributed by atoms with van der Waals surface area (Å²) in [5.41, 5.74) is -0.160. The van der Waals surface area contributed by atoms with Crippen LogP contribution in [0.2, 0.25) is 0 Å². The minimum atomic E-state index is -4.51. The van der Waals surface area contributed by atoms with Gasteiger partial charge in [-0.3, -0.25) is 4.79 Å². The van der Waals surface area contributed by atoms with E-state index in [1.807, 2.05) is 4.72 Å². The van der Waals surface area contributed by atoms with Crippen LogP contribution >= 0.6 is 0 Å². The van der Waals surface area contributed by atoms with Crippen LogP contribution in [0.15, 0.2) is 36.4 Å². The highest BCUT2D eigenvalue weighted by Gasteiger charge is 2.30. The van der Waals surface area contributed by atoms with Crippen molar-refractivity contribution in [2.75, 3.05) is 0 Å². The van der Waals surface area contributed by atoms with Crippen LogP contribution in [0.4, 0.5) is 13.2 Å². The first-order valence-corrected chi connectivity index (χ1v) is 9.74. The monoisotopic (exact) mass is 400 g/mol. The van der Waals surface area contributed by atoms with Crippen LogP contribution in [0.25, 0.3) is 11.3 Å². The third kappa shape index (κ3) is 4.85. The second-order valence-electron chi connectivity index (χ2n) is 6.16. The molecule has 0 aliphatic heterocycles.